The first-order valence-electron chi connectivity index (χ1n) is 7.73. The molecule has 1 fully saturated rings. The molecule has 1 aliphatic heterocycles. The maximum Gasteiger partial charge on any atom is 0.490 e. The summed E-state index contributed by atoms with van der Waals surface area (Å²) in [6.45, 7) is -0.0221. The lowest BCUT2D eigenvalue weighted by Crippen LogP contribution is -2.47. The van der Waals surface area contributed by atoms with E-state index in [0.29, 0.717) is 17.4 Å². The summed E-state index contributed by atoms with van der Waals surface area (Å²) >= 11 is 0. The molecular formula is C15H17F3N4O5S. The van der Waals surface area contributed by atoms with E-state index >= 15 is 0 Å². The second kappa shape index (κ2) is 9.49. The zero-order chi connectivity index (χ0) is 21.5. The zero-order valence-corrected chi connectivity index (χ0v) is 15.2. The summed E-state index contributed by atoms with van der Waals surface area (Å²) in [6, 6.07) is 9.20. The van der Waals surface area contributed by atoms with Crippen LogP contribution in [0, 0.1) is 11.3 Å². The van der Waals surface area contributed by atoms with Gasteiger partial charge in [-0.05, 0) is 25.0 Å². The molecule has 3 N–H and O–H groups in total. The lowest BCUT2D eigenvalue weighted by atomic mass is 10.2. The first-order valence-corrected chi connectivity index (χ1v) is 9.17. The molecule has 0 bridgehead atoms. The smallest absolute Gasteiger partial charge is 0.475 e. The monoisotopic (exact) mass is 422 g/mol. The number of nitriles is 1. The van der Waals surface area contributed by atoms with Gasteiger partial charge < -0.3 is 10.0 Å². The third-order valence-electron chi connectivity index (χ3n) is 3.61. The first kappa shape index (κ1) is 23.3. The van der Waals surface area contributed by atoms with E-state index < -0.39 is 40.7 Å². The molecule has 9 nitrogen and oxygen atoms in total. The number of halogens is 3. The third kappa shape index (κ3) is 6.19. The van der Waals surface area contributed by atoms with Gasteiger partial charge in [-0.15, -0.1) is 4.41 Å². The Labute approximate surface area is 158 Å². The minimum Gasteiger partial charge on any atom is -0.475 e. The van der Waals surface area contributed by atoms with E-state index in [2.05, 4.69) is 0 Å². The van der Waals surface area contributed by atoms with Gasteiger partial charge in [-0.3, -0.25) is 10.6 Å². The summed E-state index contributed by atoms with van der Waals surface area (Å²) < 4.78 is 56.7. The zero-order valence-electron chi connectivity index (χ0n) is 14.3. The van der Waals surface area contributed by atoms with Gasteiger partial charge in [0, 0.05) is 6.54 Å². The fraction of sp³-hybridized carbons (Fsp3) is 0.400. The molecular weight excluding hydrogens is 405 g/mol. The Bertz CT molecular complexity index is 839. The Hall–Kier alpha value is -2.69. The Morgan fingerprint density at radius 1 is 1.32 bits per heavy atom. The van der Waals surface area contributed by atoms with Gasteiger partial charge in [0.25, 0.3) is 10.0 Å². The predicted molar refractivity (Wildman–Crippen MR) is 88.6 cm³/mol. The summed E-state index contributed by atoms with van der Waals surface area (Å²) in [5.41, 5.74) is 0. The van der Waals surface area contributed by atoms with Crippen LogP contribution in [0.5, 0.6) is 0 Å². The van der Waals surface area contributed by atoms with Crippen molar-refractivity contribution in [3.8, 4) is 6.07 Å². The van der Waals surface area contributed by atoms with Gasteiger partial charge >= 0.3 is 12.1 Å². The van der Waals surface area contributed by atoms with Crippen LogP contribution in [-0.2, 0) is 19.6 Å². The maximum absolute atomic E-state index is 12.2. The minimum atomic E-state index is -5.08. The highest BCUT2D eigenvalue weighted by molar-refractivity contribution is 7.89. The molecule has 154 valence electrons. The number of hydrogen-bond donors (Lipinski definition) is 2. The number of aliphatic carboxylic acids is 1. The number of hydrogen-bond acceptors (Lipinski definition) is 6. The topological polar surface area (TPSA) is 145 Å². The van der Waals surface area contributed by atoms with Crippen molar-refractivity contribution in [3.63, 3.8) is 0 Å². The molecule has 1 atom stereocenters. The molecule has 28 heavy (non-hydrogen) atoms. The second-order valence-electron chi connectivity index (χ2n) is 5.54. The fourth-order valence-corrected chi connectivity index (χ4v) is 3.29. The number of rotatable bonds is 4. The number of nitrogens with two attached hydrogens (primary N) is 1. The first-order chi connectivity index (χ1) is 12.9. The van der Waals surface area contributed by atoms with E-state index in [-0.39, 0.29) is 4.90 Å². The molecule has 0 spiro atoms. The highest BCUT2D eigenvalue weighted by atomic mass is 32.2. The number of carboxylic acid groups (broad SMARTS) is 1. The van der Waals surface area contributed by atoms with Crippen molar-refractivity contribution in [2.24, 2.45) is 5.84 Å². The van der Waals surface area contributed by atoms with Gasteiger partial charge in [-0.25, -0.2) is 13.2 Å². The van der Waals surface area contributed by atoms with Gasteiger partial charge in [0.05, 0.1) is 11.0 Å². The van der Waals surface area contributed by atoms with E-state index in [4.69, 9.17) is 21.0 Å². The van der Waals surface area contributed by atoms with Crippen molar-refractivity contribution in [1.29, 1.82) is 5.26 Å². The number of alkyl halides is 3. The molecule has 1 amide bonds. The number of nitrogens with zero attached hydrogens (tertiary/aromatic N) is 3. The Morgan fingerprint density at radius 2 is 1.86 bits per heavy atom. The maximum atomic E-state index is 12.2. The Balaban J connectivity index is 0.000000480. The van der Waals surface area contributed by atoms with Crippen molar-refractivity contribution in [2.75, 3.05) is 13.1 Å². The van der Waals surface area contributed by atoms with E-state index in [1.807, 2.05) is 6.07 Å². The Kier molecular flexibility index (Phi) is 7.91. The largest absolute Gasteiger partial charge is 0.490 e. The van der Waals surface area contributed by atoms with E-state index in [1.54, 1.807) is 18.2 Å². The van der Waals surface area contributed by atoms with Crippen LogP contribution in [0.4, 0.5) is 13.2 Å². The predicted octanol–water partition coefficient (Wildman–Crippen LogP) is 0.699. The molecule has 0 radical (unpaired) electrons. The van der Waals surface area contributed by atoms with Crippen molar-refractivity contribution in [2.45, 2.75) is 30.0 Å². The number of sulfonamides is 1. The van der Waals surface area contributed by atoms with Crippen molar-refractivity contribution in [1.82, 2.24) is 9.31 Å². The van der Waals surface area contributed by atoms with Crippen LogP contribution < -0.4 is 5.84 Å². The van der Waals surface area contributed by atoms with Crippen molar-refractivity contribution in [3.05, 3.63) is 30.3 Å². The van der Waals surface area contributed by atoms with Gasteiger partial charge in [-0.1, -0.05) is 18.2 Å². The number of carbonyl (C=O) groups is 2. The number of carbonyl (C=O) groups excluding carboxylic acids is 1. The molecule has 1 aromatic rings. The molecule has 1 saturated heterocycles. The van der Waals surface area contributed by atoms with E-state index in [9.17, 15) is 26.4 Å². The molecule has 1 aromatic carbocycles. The standard InChI is InChI=1S/C13H16N4O3S.C2HF3O2/c14-9-11-5-4-8-16(11)13(18)10-17(15)21(19,20)12-6-2-1-3-7-12;3-2(4,5)1(6)7/h1-3,6-7,11H,4-5,8,10,15H2;(H,6,7). The number of hydrazine groups is 1. The third-order valence-corrected chi connectivity index (χ3v) is 5.22. The fourth-order valence-electron chi connectivity index (χ4n) is 2.24. The van der Waals surface area contributed by atoms with Crippen LogP contribution in [0.25, 0.3) is 0 Å². The van der Waals surface area contributed by atoms with Crippen LogP contribution in [0.2, 0.25) is 0 Å². The average molecular weight is 422 g/mol. The van der Waals surface area contributed by atoms with Gasteiger partial charge in [0.1, 0.15) is 12.6 Å². The van der Waals surface area contributed by atoms with Crippen LogP contribution in [0.15, 0.2) is 35.2 Å². The summed E-state index contributed by atoms with van der Waals surface area (Å²) in [4.78, 5) is 22.4. The summed E-state index contributed by atoms with van der Waals surface area (Å²) in [6.07, 6.45) is -3.74. The molecule has 1 unspecified atom stereocenters. The van der Waals surface area contributed by atoms with E-state index in [1.165, 1.54) is 17.0 Å². The SMILES string of the molecule is N#CC1CCCN1C(=O)CN(N)S(=O)(=O)c1ccccc1.O=C(O)C(F)(F)F. The quantitative estimate of drug-likeness (QED) is 0.537. The lowest BCUT2D eigenvalue weighted by molar-refractivity contribution is -0.192. The molecule has 1 heterocycles. The lowest BCUT2D eigenvalue weighted by Gasteiger charge is -2.23. The average Bonchev–Trinajstić information content (AvgIpc) is 3.11. The van der Waals surface area contributed by atoms with Gasteiger partial charge in [-0.2, -0.15) is 18.4 Å². The highest BCUT2D eigenvalue weighted by Crippen LogP contribution is 2.18. The highest BCUT2D eigenvalue weighted by Gasteiger charge is 2.38. The number of likely N-dealkylation sites (tertiary alicyclic amines) is 1. The van der Waals surface area contributed by atoms with Crippen molar-refractivity contribution < 1.29 is 36.3 Å². The van der Waals surface area contributed by atoms with Crippen molar-refractivity contribution >= 4 is 21.9 Å². The van der Waals surface area contributed by atoms with Crippen LogP contribution >= 0.6 is 0 Å². The molecule has 1 aliphatic rings. The number of amides is 1. The second-order valence-corrected chi connectivity index (χ2v) is 7.43. The number of benzene rings is 1. The normalized spacial score (nSPS) is 16.9. The summed E-state index contributed by atoms with van der Waals surface area (Å²) in [7, 11) is -3.91. The summed E-state index contributed by atoms with van der Waals surface area (Å²) in [5, 5.41) is 16.1. The van der Waals surface area contributed by atoms with Crippen LogP contribution in [0.3, 0.4) is 0 Å². The van der Waals surface area contributed by atoms with Crippen LogP contribution in [0.1, 0.15) is 12.8 Å². The number of carboxylic acids is 1. The molecule has 0 saturated carbocycles. The van der Waals surface area contributed by atoms with Crippen LogP contribution in [-0.4, -0.2) is 60.0 Å². The molecule has 0 aliphatic carbocycles. The molecule has 2 rings (SSSR count). The summed E-state index contributed by atoms with van der Waals surface area (Å²) in [5.74, 6) is 2.34. The van der Waals surface area contributed by atoms with Gasteiger partial charge in [0.2, 0.25) is 5.91 Å². The minimum absolute atomic E-state index is 0.0264. The Morgan fingerprint density at radius 3 is 2.32 bits per heavy atom. The molecule has 0 aromatic heterocycles. The van der Waals surface area contributed by atoms with E-state index in [0.717, 1.165) is 6.42 Å². The van der Waals surface area contributed by atoms with Gasteiger partial charge in [0.15, 0.2) is 0 Å². The molecule has 13 heteroatoms.